The molecule has 146 valence electrons. The first-order chi connectivity index (χ1) is 13.7. The molecule has 1 aliphatic rings. The number of benzene rings is 2. The SMILES string of the molecule is O=C(CCCCc1nc2ccccc2s1)N1CCN(c2ccc(O)cc2)CC1. The van der Waals surface area contributed by atoms with E-state index in [4.69, 9.17) is 0 Å². The summed E-state index contributed by atoms with van der Waals surface area (Å²) in [6, 6.07) is 15.5. The number of fused-ring (bicyclic) bond motifs is 1. The maximum Gasteiger partial charge on any atom is 0.222 e. The van der Waals surface area contributed by atoms with Gasteiger partial charge in [0, 0.05) is 38.3 Å². The van der Waals surface area contributed by atoms with Gasteiger partial charge in [-0.05, 0) is 55.7 Å². The third-order valence-corrected chi connectivity index (χ3v) is 6.31. The van der Waals surface area contributed by atoms with Gasteiger partial charge in [0.05, 0.1) is 15.2 Å². The van der Waals surface area contributed by atoms with Crippen LogP contribution in [0.3, 0.4) is 0 Å². The number of anilines is 1. The molecule has 1 aromatic heterocycles. The van der Waals surface area contributed by atoms with E-state index in [0.717, 1.165) is 61.7 Å². The van der Waals surface area contributed by atoms with Gasteiger partial charge in [0.2, 0.25) is 5.91 Å². The minimum atomic E-state index is 0.259. The van der Waals surface area contributed by atoms with Crippen molar-refractivity contribution in [1.82, 2.24) is 9.88 Å². The number of phenols is 1. The van der Waals surface area contributed by atoms with Gasteiger partial charge in [0.25, 0.3) is 0 Å². The fourth-order valence-corrected chi connectivity index (χ4v) is 4.62. The van der Waals surface area contributed by atoms with E-state index in [1.165, 1.54) is 4.70 Å². The quantitative estimate of drug-likeness (QED) is 0.640. The molecule has 1 fully saturated rings. The normalized spacial score (nSPS) is 14.6. The van der Waals surface area contributed by atoms with Crippen molar-refractivity contribution >= 4 is 33.1 Å². The first-order valence-electron chi connectivity index (χ1n) is 9.85. The Morgan fingerprint density at radius 3 is 2.50 bits per heavy atom. The van der Waals surface area contributed by atoms with Gasteiger partial charge in [-0.1, -0.05) is 12.1 Å². The lowest BCUT2D eigenvalue weighted by molar-refractivity contribution is -0.131. The zero-order valence-electron chi connectivity index (χ0n) is 15.9. The molecule has 1 amide bonds. The summed E-state index contributed by atoms with van der Waals surface area (Å²) >= 11 is 1.76. The Morgan fingerprint density at radius 1 is 1.00 bits per heavy atom. The molecular weight excluding hydrogens is 370 g/mol. The number of piperazine rings is 1. The number of thiazole rings is 1. The van der Waals surface area contributed by atoms with Crippen LogP contribution >= 0.6 is 11.3 Å². The molecule has 1 saturated heterocycles. The first-order valence-corrected chi connectivity index (χ1v) is 10.7. The van der Waals surface area contributed by atoms with Crippen molar-refractivity contribution < 1.29 is 9.90 Å². The summed E-state index contributed by atoms with van der Waals surface area (Å²) < 4.78 is 1.24. The van der Waals surface area contributed by atoms with Crippen LogP contribution in [0.15, 0.2) is 48.5 Å². The summed E-state index contributed by atoms with van der Waals surface area (Å²) in [6.07, 6.45) is 3.47. The highest BCUT2D eigenvalue weighted by Gasteiger charge is 2.20. The summed E-state index contributed by atoms with van der Waals surface area (Å²) in [7, 11) is 0. The molecule has 0 spiro atoms. The maximum absolute atomic E-state index is 12.5. The van der Waals surface area contributed by atoms with Gasteiger partial charge in [-0.15, -0.1) is 11.3 Å². The van der Waals surface area contributed by atoms with Gasteiger partial charge in [-0.25, -0.2) is 4.98 Å². The Balaban J connectivity index is 1.19. The number of rotatable bonds is 6. The molecule has 2 aromatic carbocycles. The van der Waals surface area contributed by atoms with E-state index in [-0.39, 0.29) is 11.7 Å². The zero-order valence-corrected chi connectivity index (χ0v) is 16.7. The summed E-state index contributed by atoms with van der Waals surface area (Å²) in [5.74, 6) is 0.540. The van der Waals surface area contributed by atoms with E-state index in [2.05, 4.69) is 22.0 Å². The Morgan fingerprint density at radius 2 is 1.75 bits per heavy atom. The standard InChI is InChI=1S/C22H25N3O2S/c26-18-11-9-17(10-12-18)24-13-15-25(16-14-24)22(27)8-4-3-7-21-23-19-5-1-2-6-20(19)28-21/h1-2,5-6,9-12,26H,3-4,7-8,13-16H2. The average Bonchev–Trinajstić information content (AvgIpc) is 3.15. The predicted octanol–water partition coefficient (Wildman–Crippen LogP) is 4.06. The number of amides is 1. The van der Waals surface area contributed by atoms with Crippen LogP contribution in [0.1, 0.15) is 24.3 Å². The van der Waals surface area contributed by atoms with Crippen LogP contribution < -0.4 is 4.90 Å². The number of nitrogens with zero attached hydrogens (tertiary/aromatic N) is 3. The second-order valence-corrected chi connectivity index (χ2v) is 8.28. The highest BCUT2D eigenvalue weighted by Crippen LogP contribution is 2.23. The van der Waals surface area contributed by atoms with Crippen LogP contribution in [0.5, 0.6) is 5.75 Å². The van der Waals surface area contributed by atoms with E-state index in [0.29, 0.717) is 6.42 Å². The Kier molecular flexibility index (Phi) is 5.76. The molecular formula is C22H25N3O2S. The number of unbranched alkanes of at least 4 members (excludes halogenated alkanes) is 1. The predicted molar refractivity (Wildman–Crippen MR) is 114 cm³/mol. The van der Waals surface area contributed by atoms with Crippen LogP contribution in [0.25, 0.3) is 10.2 Å². The van der Waals surface area contributed by atoms with Crippen molar-refractivity contribution in [3.05, 3.63) is 53.5 Å². The van der Waals surface area contributed by atoms with Gasteiger partial charge in [0.1, 0.15) is 5.75 Å². The van der Waals surface area contributed by atoms with Gasteiger partial charge < -0.3 is 14.9 Å². The highest BCUT2D eigenvalue weighted by molar-refractivity contribution is 7.18. The monoisotopic (exact) mass is 395 g/mol. The van der Waals surface area contributed by atoms with Gasteiger partial charge in [-0.3, -0.25) is 4.79 Å². The molecule has 0 bridgehead atoms. The van der Waals surface area contributed by atoms with E-state index in [1.54, 1.807) is 23.5 Å². The second-order valence-electron chi connectivity index (χ2n) is 7.17. The minimum Gasteiger partial charge on any atom is -0.508 e. The van der Waals surface area contributed by atoms with E-state index < -0.39 is 0 Å². The molecule has 0 unspecified atom stereocenters. The molecule has 2 heterocycles. The summed E-state index contributed by atoms with van der Waals surface area (Å²) in [4.78, 5) is 21.4. The van der Waals surface area contributed by atoms with Crippen molar-refractivity contribution in [1.29, 1.82) is 0 Å². The molecule has 4 rings (SSSR count). The number of aryl methyl sites for hydroxylation is 1. The Bertz CT molecular complexity index is 897. The Labute approximate surface area is 169 Å². The zero-order chi connectivity index (χ0) is 19.3. The van der Waals surface area contributed by atoms with Crippen LogP contribution in [-0.2, 0) is 11.2 Å². The molecule has 3 aromatic rings. The molecule has 0 atom stereocenters. The van der Waals surface area contributed by atoms with Crippen molar-refractivity contribution in [2.45, 2.75) is 25.7 Å². The number of aromatic nitrogens is 1. The van der Waals surface area contributed by atoms with E-state index >= 15 is 0 Å². The van der Waals surface area contributed by atoms with Crippen LogP contribution in [0.4, 0.5) is 5.69 Å². The van der Waals surface area contributed by atoms with E-state index in [9.17, 15) is 9.90 Å². The summed E-state index contributed by atoms with van der Waals surface area (Å²) in [6.45, 7) is 3.19. The molecule has 0 aliphatic carbocycles. The van der Waals surface area contributed by atoms with Crippen molar-refractivity contribution in [3.8, 4) is 5.75 Å². The molecule has 6 heteroatoms. The molecule has 1 aliphatic heterocycles. The van der Waals surface area contributed by atoms with Gasteiger partial charge >= 0.3 is 0 Å². The molecule has 5 nitrogen and oxygen atoms in total. The topological polar surface area (TPSA) is 56.7 Å². The summed E-state index contributed by atoms with van der Waals surface area (Å²) in [5.41, 5.74) is 2.17. The fraction of sp³-hybridized carbons (Fsp3) is 0.364. The lowest BCUT2D eigenvalue weighted by atomic mass is 10.1. The first kappa shape index (κ1) is 18.7. The average molecular weight is 396 g/mol. The van der Waals surface area contributed by atoms with Crippen molar-refractivity contribution in [2.24, 2.45) is 0 Å². The molecule has 0 saturated carbocycles. The molecule has 28 heavy (non-hydrogen) atoms. The maximum atomic E-state index is 12.5. The minimum absolute atomic E-state index is 0.259. The van der Waals surface area contributed by atoms with Gasteiger partial charge in [0.15, 0.2) is 0 Å². The smallest absolute Gasteiger partial charge is 0.222 e. The number of phenolic OH excluding ortho intramolecular Hbond substituents is 1. The molecule has 0 radical (unpaired) electrons. The lowest BCUT2D eigenvalue weighted by Crippen LogP contribution is -2.48. The van der Waals surface area contributed by atoms with Crippen molar-refractivity contribution in [3.63, 3.8) is 0 Å². The number of carbonyl (C=O) groups is 1. The summed E-state index contributed by atoms with van der Waals surface area (Å²) in [5, 5.41) is 10.6. The third kappa shape index (κ3) is 4.44. The van der Waals surface area contributed by atoms with Crippen LogP contribution in [-0.4, -0.2) is 47.1 Å². The second kappa shape index (κ2) is 8.61. The van der Waals surface area contributed by atoms with E-state index in [1.807, 2.05) is 29.2 Å². The largest absolute Gasteiger partial charge is 0.508 e. The van der Waals surface area contributed by atoms with Crippen molar-refractivity contribution in [2.75, 3.05) is 31.1 Å². The van der Waals surface area contributed by atoms with Gasteiger partial charge in [-0.2, -0.15) is 0 Å². The highest BCUT2D eigenvalue weighted by atomic mass is 32.1. The number of para-hydroxylation sites is 1. The lowest BCUT2D eigenvalue weighted by Gasteiger charge is -2.36. The third-order valence-electron chi connectivity index (χ3n) is 5.22. The van der Waals surface area contributed by atoms with Crippen LogP contribution in [0.2, 0.25) is 0 Å². The number of hydrogen-bond donors (Lipinski definition) is 1. The number of aromatic hydroxyl groups is 1. The molecule has 1 N–H and O–H groups in total. The van der Waals surface area contributed by atoms with Crippen LogP contribution in [0, 0.1) is 0 Å². The number of carbonyl (C=O) groups excluding carboxylic acids is 1. The fourth-order valence-electron chi connectivity index (χ4n) is 3.61. The Hall–Kier alpha value is -2.60. The number of hydrogen-bond acceptors (Lipinski definition) is 5.